The van der Waals surface area contributed by atoms with E-state index in [1.54, 1.807) is 11.0 Å². The van der Waals surface area contributed by atoms with Crippen molar-refractivity contribution in [2.45, 2.75) is 18.9 Å². The number of amides is 2. The Bertz CT molecular complexity index is 515. The number of thiophene rings is 1. The summed E-state index contributed by atoms with van der Waals surface area (Å²) in [6.07, 6.45) is 1.67. The fraction of sp³-hybridized carbons (Fsp3) is 0.500. The maximum absolute atomic E-state index is 12.7. The van der Waals surface area contributed by atoms with Crippen molar-refractivity contribution in [1.82, 2.24) is 10.2 Å². The number of piperidine rings is 1. The van der Waals surface area contributed by atoms with Crippen molar-refractivity contribution in [3.05, 3.63) is 19.2 Å². The van der Waals surface area contributed by atoms with E-state index in [2.05, 4.69) is 37.2 Å². The summed E-state index contributed by atoms with van der Waals surface area (Å²) in [5.74, 6) is -0.633. The van der Waals surface area contributed by atoms with Crippen LogP contribution in [0.3, 0.4) is 0 Å². The van der Waals surface area contributed by atoms with Crippen molar-refractivity contribution in [2.75, 3.05) is 19.6 Å². The lowest BCUT2D eigenvalue weighted by Gasteiger charge is -2.33. The van der Waals surface area contributed by atoms with Gasteiger partial charge < -0.3 is 16.0 Å². The third-order valence-electron chi connectivity index (χ3n) is 3.22. The van der Waals surface area contributed by atoms with Gasteiger partial charge in [-0.25, -0.2) is 0 Å². The highest BCUT2D eigenvalue weighted by atomic mass is 79.9. The second-order valence-corrected chi connectivity index (χ2v) is 8.37. The molecule has 3 N–H and O–H groups in total. The summed E-state index contributed by atoms with van der Waals surface area (Å²) < 4.78 is 1.63. The van der Waals surface area contributed by atoms with Crippen LogP contribution < -0.4 is 11.1 Å². The number of hydrogen-bond acceptors (Lipinski definition) is 4. The second-order valence-electron chi connectivity index (χ2n) is 4.62. The summed E-state index contributed by atoms with van der Waals surface area (Å²) in [5.41, 5.74) is 5.86. The first-order valence-electron chi connectivity index (χ1n) is 6.24. The van der Waals surface area contributed by atoms with Crippen LogP contribution in [-0.4, -0.2) is 42.4 Å². The SMILES string of the molecule is NC(=O)CN(C(=O)c1cc(Br)sc1Br)C1CCNCC1. The van der Waals surface area contributed by atoms with Gasteiger partial charge in [0, 0.05) is 6.04 Å². The molecule has 8 heteroatoms. The smallest absolute Gasteiger partial charge is 0.256 e. The molecule has 1 aliphatic heterocycles. The molecule has 2 rings (SSSR count). The molecule has 0 atom stereocenters. The van der Waals surface area contributed by atoms with Crippen LogP contribution >= 0.6 is 43.2 Å². The molecule has 0 aliphatic carbocycles. The molecule has 1 saturated heterocycles. The van der Waals surface area contributed by atoms with Gasteiger partial charge in [0.25, 0.3) is 5.91 Å². The summed E-state index contributed by atoms with van der Waals surface area (Å²) >= 11 is 8.19. The number of nitrogens with one attached hydrogen (secondary N) is 1. The van der Waals surface area contributed by atoms with Crippen LogP contribution in [0.25, 0.3) is 0 Å². The third kappa shape index (κ3) is 3.81. The molecule has 1 aliphatic rings. The molecule has 5 nitrogen and oxygen atoms in total. The molecule has 0 aromatic carbocycles. The lowest BCUT2D eigenvalue weighted by atomic mass is 10.0. The summed E-state index contributed by atoms with van der Waals surface area (Å²) in [7, 11) is 0. The first kappa shape index (κ1) is 15.9. The number of rotatable bonds is 4. The van der Waals surface area contributed by atoms with Crippen LogP contribution in [0, 0.1) is 0 Å². The molecule has 0 unspecified atom stereocenters. The lowest BCUT2D eigenvalue weighted by molar-refractivity contribution is -0.119. The molecule has 1 aromatic heterocycles. The quantitative estimate of drug-likeness (QED) is 0.775. The van der Waals surface area contributed by atoms with Crippen LogP contribution in [0.1, 0.15) is 23.2 Å². The molecule has 0 saturated carbocycles. The number of primary amides is 1. The van der Waals surface area contributed by atoms with Crippen molar-refractivity contribution in [2.24, 2.45) is 5.73 Å². The second kappa shape index (κ2) is 7.02. The van der Waals surface area contributed by atoms with Gasteiger partial charge in [-0.2, -0.15) is 0 Å². The maximum Gasteiger partial charge on any atom is 0.256 e. The monoisotopic (exact) mass is 423 g/mol. The topological polar surface area (TPSA) is 75.4 Å². The molecular weight excluding hydrogens is 410 g/mol. The van der Waals surface area contributed by atoms with Crippen LogP contribution in [0.2, 0.25) is 0 Å². The molecule has 110 valence electrons. The predicted molar refractivity (Wildman–Crippen MR) is 85.8 cm³/mol. The van der Waals surface area contributed by atoms with Crippen LogP contribution in [0.15, 0.2) is 13.6 Å². The number of nitrogens with two attached hydrogens (primary N) is 1. The first-order chi connectivity index (χ1) is 9.49. The van der Waals surface area contributed by atoms with Crippen LogP contribution in [0.4, 0.5) is 0 Å². The molecule has 20 heavy (non-hydrogen) atoms. The largest absolute Gasteiger partial charge is 0.368 e. The van der Waals surface area contributed by atoms with E-state index in [4.69, 9.17) is 5.73 Å². The number of carbonyl (C=O) groups is 2. The van der Waals surface area contributed by atoms with E-state index in [0.29, 0.717) is 5.56 Å². The number of halogens is 2. The van der Waals surface area contributed by atoms with Crippen molar-refractivity contribution in [1.29, 1.82) is 0 Å². The number of hydrogen-bond donors (Lipinski definition) is 2. The number of carbonyl (C=O) groups excluding carboxylic acids is 2. The fourth-order valence-corrected chi connectivity index (χ4v) is 5.07. The molecule has 0 bridgehead atoms. The van der Waals surface area contributed by atoms with Crippen molar-refractivity contribution in [3.63, 3.8) is 0 Å². The Morgan fingerprint density at radius 2 is 2.05 bits per heavy atom. The highest BCUT2D eigenvalue weighted by molar-refractivity contribution is 9.12. The van der Waals surface area contributed by atoms with Gasteiger partial charge >= 0.3 is 0 Å². The van der Waals surface area contributed by atoms with Crippen LogP contribution in [0.5, 0.6) is 0 Å². The minimum absolute atomic E-state index is 0.0383. The first-order valence-corrected chi connectivity index (χ1v) is 8.64. The van der Waals surface area contributed by atoms with Gasteiger partial charge in [-0.1, -0.05) is 0 Å². The lowest BCUT2D eigenvalue weighted by Crippen LogP contribution is -2.49. The Hall–Kier alpha value is -0.440. The average molecular weight is 425 g/mol. The minimum Gasteiger partial charge on any atom is -0.368 e. The van der Waals surface area contributed by atoms with Gasteiger partial charge in [-0.3, -0.25) is 9.59 Å². The van der Waals surface area contributed by atoms with Gasteiger partial charge in [-0.05, 0) is 63.9 Å². The van der Waals surface area contributed by atoms with Gasteiger partial charge in [-0.15, -0.1) is 11.3 Å². The van der Waals surface area contributed by atoms with Crippen molar-refractivity contribution < 1.29 is 9.59 Å². The van der Waals surface area contributed by atoms with Crippen LogP contribution in [-0.2, 0) is 4.79 Å². The highest BCUT2D eigenvalue weighted by Crippen LogP contribution is 2.33. The van der Waals surface area contributed by atoms with Gasteiger partial charge in [0.1, 0.15) is 0 Å². The Morgan fingerprint density at radius 1 is 1.40 bits per heavy atom. The van der Waals surface area contributed by atoms with Crippen molar-refractivity contribution in [3.8, 4) is 0 Å². The van der Waals surface area contributed by atoms with E-state index >= 15 is 0 Å². The Kier molecular flexibility index (Phi) is 5.59. The Balaban J connectivity index is 2.23. The molecule has 2 amide bonds. The normalized spacial score (nSPS) is 16.1. The summed E-state index contributed by atoms with van der Waals surface area (Å²) in [4.78, 5) is 25.5. The standard InChI is InChI=1S/C12H15Br2N3O2S/c13-9-5-8(11(14)20-9)12(19)17(6-10(15)18)7-1-3-16-4-2-7/h5,7,16H,1-4,6H2,(H2,15,18). The molecule has 1 fully saturated rings. The molecule has 1 aromatic rings. The summed E-state index contributed by atoms with van der Waals surface area (Å²) in [6.45, 7) is 1.66. The molecule has 2 heterocycles. The van der Waals surface area contributed by atoms with E-state index in [-0.39, 0.29) is 18.5 Å². The Morgan fingerprint density at radius 3 is 2.55 bits per heavy atom. The molecule has 0 radical (unpaired) electrons. The number of nitrogens with zero attached hydrogens (tertiary/aromatic N) is 1. The van der Waals surface area contributed by atoms with Gasteiger partial charge in [0.05, 0.1) is 19.7 Å². The summed E-state index contributed by atoms with van der Waals surface area (Å²) in [5, 5.41) is 3.25. The zero-order valence-corrected chi connectivity index (χ0v) is 14.7. The van der Waals surface area contributed by atoms with E-state index < -0.39 is 5.91 Å². The highest BCUT2D eigenvalue weighted by Gasteiger charge is 2.29. The van der Waals surface area contributed by atoms with E-state index in [9.17, 15) is 9.59 Å². The third-order valence-corrected chi connectivity index (χ3v) is 5.56. The predicted octanol–water partition coefficient (Wildman–Crippen LogP) is 1.95. The maximum atomic E-state index is 12.7. The molecule has 0 spiro atoms. The van der Waals surface area contributed by atoms with E-state index in [1.807, 2.05) is 0 Å². The zero-order chi connectivity index (χ0) is 14.7. The van der Waals surface area contributed by atoms with E-state index in [1.165, 1.54) is 11.3 Å². The molecular formula is C12H15Br2N3O2S. The Labute approximate surface area is 138 Å². The fourth-order valence-electron chi connectivity index (χ4n) is 2.29. The minimum atomic E-state index is -0.484. The zero-order valence-electron chi connectivity index (χ0n) is 10.7. The van der Waals surface area contributed by atoms with Gasteiger partial charge in [0.2, 0.25) is 5.91 Å². The van der Waals surface area contributed by atoms with Crippen molar-refractivity contribution >= 4 is 55.0 Å². The summed E-state index contributed by atoms with van der Waals surface area (Å²) in [6, 6.07) is 1.83. The van der Waals surface area contributed by atoms with Gasteiger partial charge in [0.15, 0.2) is 0 Å². The van der Waals surface area contributed by atoms with E-state index in [0.717, 1.165) is 33.5 Å². The average Bonchev–Trinajstić information content (AvgIpc) is 2.75.